The van der Waals surface area contributed by atoms with Gasteiger partial charge in [-0.05, 0) is 35.9 Å². The zero-order valence-corrected chi connectivity index (χ0v) is 15.1. The lowest BCUT2D eigenvalue weighted by Gasteiger charge is -2.11. The number of ketones is 1. The maximum Gasteiger partial charge on any atom is 0.387 e. The number of carboxylic acids is 1. The van der Waals surface area contributed by atoms with Gasteiger partial charge in [-0.25, -0.2) is 9.78 Å². The third-order valence-corrected chi connectivity index (χ3v) is 4.03. The largest absolute Gasteiger partial charge is 0.493 e. The minimum atomic E-state index is -3.03. The van der Waals surface area contributed by atoms with E-state index in [-0.39, 0.29) is 22.8 Å². The Morgan fingerprint density at radius 2 is 1.83 bits per heavy atom. The van der Waals surface area contributed by atoms with Crippen LogP contribution in [0.15, 0.2) is 54.6 Å². The molecule has 8 heteroatoms. The fraction of sp³-hybridized carbons (Fsp3) is 0.0952. The van der Waals surface area contributed by atoms with Crippen LogP contribution in [0.1, 0.15) is 11.3 Å². The summed E-state index contributed by atoms with van der Waals surface area (Å²) < 4.78 is 34.4. The van der Waals surface area contributed by atoms with Crippen LogP contribution >= 0.6 is 0 Å². The number of alkyl halides is 2. The first-order chi connectivity index (χ1) is 13.9. The predicted molar refractivity (Wildman–Crippen MR) is 102 cm³/mol. The van der Waals surface area contributed by atoms with E-state index in [4.69, 9.17) is 4.74 Å². The lowest BCUT2D eigenvalue weighted by molar-refractivity contribution is -0.146. The summed E-state index contributed by atoms with van der Waals surface area (Å²) in [5.41, 5.74) is 0.950. The Kier molecular flexibility index (Phi) is 5.82. The second-order valence-electron chi connectivity index (χ2n) is 5.87. The number of nitrogens with zero attached hydrogens (tertiary/aromatic N) is 1. The summed E-state index contributed by atoms with van der Waals surface area (Å²) in [6, 6.07) is 14.4. The Hall–Kier alpha value is -3.81. The van der Waals surface area contributed by atoms with E-state index in [1.807, 2.05) is 12.1 Å². The molecule has 3 aromatic rings. The quantitative estimate of drug-likeness (QED) is 0.477. The maximum absolute atomic E-state index is 12.5. The first-order valence-corrected chi connectivity index (χ1v) is 8.37. The average molecular weight is 399 g/mol. The highest BCUT2D eigenvalue weighted by Gasteiger charge is 2.21. The number of aliphatic carboxylic acids is 1. The van der Waals surface area contributed by atoms with Gasteiger partial charge in [0.25, 0.3) is 5.78 Å². The summed E-state index contributed by atoms with van der Waals surface area (Å²) in [4.78, 5) is 28.0. The van der Waals surface area contributed by atoms with Crippen molar-refractivity contribution in [2.24, 2.45) is 0 Å². The van der Waals surface area contributed by atoms with E-state index < -0.39 is 18.4 Å². The number of carbonyl (C=O) groups is 2. The highest BCUT2D eigenvalue weighted by atomic mass is 19.3. The molecule has 0 bridgehead atoms. The average Bonchev–Trinajstić information content (AvgIpc) is 2.71. The molecule has 0 radical (unpaired) electrons. The zero-order chi connectivity index (χ0) is 21.0. The molecular formula is C21H15F2NO5. The van der Waals surface area contributed by atoms with E-state index in [1.165, 1.54) is 31.4 Å². The van der Waals surface area contributed by atoms with Gasteiger partial charge in [-0.3, -0.25) is 4.79 Å². The second-order valence-corrected chi connectivity index (χ2v) is 5.87. The van der Waals surface area contributed by atoms with Gasteiger partial charge in [0, 0.05) is 5.39 Å². The van der Waals surface area contributed by atoms with Crippen molar-refractivity contribution in [3.8, 4) is 11.5 Å². The van der Waals surface area contributed by atoms with Crippen LogP contribution in [0.5, 0.6) is 11.5 Å². The Bertz CT molecular complexity index is 1110. The fourth-order valence-electron chi connectivity index (χ4n) is 2.72. The Morgan fingerprint density at radius 1 is 1.07 bits per heavy atom. The Labute approximate surface area is 164 Å². The second kappa shape index (κ2) is 8.47. The third kappa shape index (κ3) is 4.55. The van der Waals surface area contributed by atoms with E-state index in [2.05, 4.69) is 9.72 Å². The van der Waals surface area contributed by atoms with E-state index in [0.29, 0.717) is 11.1 Å². The van der Waals surface area contributed by atoms with Crippen molar-refractivity contribution in [3.05, 3.63) is 65.9 Å². The van der Waals surface area contributed by atoms with Crippen LogP contribution in [0.4, 0.5) is 8.78 Å². The number of halogens is 2. The number of aromatic nitrogens is 1. The van der Waals surface area contributed by atoms with Crippen LogP contribution in [0.2, 0.25) is 0 Å². The lowest BCUT2D eigenvalue weighted by atomic mass is 10.0. The number of carboxylic acid groups (broad SMARTS) is 1. The van der Waals surface area contributed by atoms with E-state index in [1.54, 1.807) is 24.3 Å². The van der Waals surface area contributed by atoms with Crippen molar-refractivity contribution in [3.63, 3.8) is 0 Å². The number of hydrogen-bond donors (Lipinski definition) is 1. The number of pyridine rings is 1. The molecule has 0 aliphatic heterocycles. The van der Waals surface area contributed by atoms with Crippen molar-refractivity contribution >= 4 is 34.3 Å². The van der Waals surface area contributed by atoms with Crippen LogP contribution in [-0.2, 0) is 9.59 Å². The summed E-state index contributed by atoms with van der Waals surface area (Å²) in [6.07, 6.45) is 1.31. The molecule has 1 N–H and O–H groups in total. The van der Waals surface area contributed by atoms with Gasteiger partial charge in [0.1, 0.15) is 0 Å². The summed E-state index contributed by atoms with van der Waals surface area (Å²) in [5.74, 6) is -2.97. The lowest BCUT2D eigenvalue weighted by Crippen LogP contribution is -2.15. The third-order valence-electron chi connectivity index (χ3n) is 4.03. The molecule has 0 aliphatic carbocycles. The number of methoxy groups -OCH3 is 1. The number of Topliss-reactive ketones (excluding diaryl/α,β-unsaturated/α-hetero) is 1. The number of rotatable bonds is 7. The first kappa shape index (κ1) is 19.9. The molecular weight excluding hydrogens is 384 g/mol. The van der Waals surface area contributed by atoms with Crippen LogP contribution in [0, 0.1) is 0 Å². The molecule has 6 nitrogen and oxygen atoms in total. The van der Waals surface area contributed by atoms with E-state index in [0.717, 1.165) is 5.39 Å². The molecule has 0 unspecified atom stereocenters. The fourth-order valence-corrected chi connectivity index (χ4v) is 2.72. The van der Waals surface area contributed by atoms with Gasteiger partial charge in [0.05, 0.1) is 23.9 Å². The molecule has 1 aromatic heterocycles. The molecule has 0 saturated carbocycles. The van der Waals surface area contributed by atoms with Gasteiger partial charge in [-0.2, -0.15) is 8.78 Å². The number of fused-ring (bicyclic) bond motifs is 1. The summed E-state index contributed by atoms with van der Waals surface area (Å²) in [5, 5.41) is 10.0. The molecule has 148 valence electrons. The molecule has 2 aromatic carbocycles. The number of hydrogen-bond acceptors (Lipinski definition) is 5. The van der Waals surface area contributed by atoms with Gasteiger partial charge in [0.15, 0.2) is 11.5 Å². The summed E-state index contributed by atoms with van der Waals surface area (Å²) >= 11 is 0. The molecule has 3 rings (SSSR count). The van der Waals surface area contributed by atoms with E-state index in [9.17, 15) is 23.5 Å². The molecule has 0 fully saturated rings. The Morgan fingerprint density at radius 3 is 2.52 bits per heavy atom. The summed E-state index contributed by atoms with van der Waals surface area (Å²) in [7, 11) is 1.27. The highest BCUT2D eigenvalue weighted by Crippen LogP contribution is 2.31. The minimum absolute atomic E-state index is 0.00708. The molecule has 0 aliphatic rings. The first-order valence-electron chi connectivity index (χ1n) is 8.37. The molecule has 0 saturated heterocycles. The van der Waals surface area contributed by atoms with Crippen molar-refractivity contribution < 1.29 is 33.0 Å². The van der Waals surface area contributed by atoms with Crippen LogP contribution in [0.25, 0.3) is 22.6 Å². The topological polar surface area (TPSA) is 85.7 Å². The van der Waals surface area contributed by atoms with Gasteiger partial charge >= 0.3 is 12.6 Å². The van der Waals surface area contributed by atoms with Gasteiger partial charge in [0.2, 0.25) is 0 Å². The van der Waals surface area contributed by atoms with Crippen LogP contribution in [-0.4, -0.2) is 35.6 Å². The van der Waals surface area contributed by atoms with Crippen molar-refractivity contribution in [2.75, 3.05) is 7.11 Å². The smallest absolute Gasteiger partial charge is 0.387 e. The Balaban J connectivity index is 2.10. The standard InChI is InChI=1S/C21H15F2NO5/c1-28-18-11-12(6-9-17(18)29-21(22)23)10-14(19(25)20(26)27)16-8-7-13-4-2-3-5-15(13)24-16/h2-11,21H,1H3,(H,26,27). The van der Waals surface area contributed by atoms with Gasteiger partial charge in [-0.15, -0.1) is 0 Å². The predicted octanol–water partition coefficient (Wildman–Crippen LogP) is 4.04. The summed E-state index contributed by atoms with van der Waals surface area (Å²) in [6.45, 7) is -3.03. The maximum atomic E-state index is 12.5. The monoisotopic (exact) mass is 399 g/mol. The minimum Gasteiger partial charge on any atom is -0.493 e. The molecule has 0 atom stereocenters. The SMILES string of the molecule is COc1cc(C=C(C(=O)C(=O)O)c2ccc3ccccc3n2)ccc1OC(F)F. The van der Waals surface area contributed by atoms with Gasteiger partial charge < -0.3 is 14.6 Å². The molecule has 0 spiro atoms. The molecule has 29 heavy (non-hydrogen) atoms. The number of benzene rings is 2. The van der Waals surface area contributed by atoms with Crippen molar-refractivity contribution in [1.82, 2.24) is 4.98 Å². The number of carbonyl (C=O) groups excluding carboxylic acids is 1. The van der Waals surface area contributed by atoms with Crippen molar-refractivity contribution in [2.45, 2.75) is 6.61 Å². The van der Waals surface area contributed by atoms with Crippen LogP contribution in [0.3, 0.4) is 0 Å². The molecule has 0 amide bonds. The van der Waals surface area contributed by atoms with Crippen molar-refractivity contribution in [1.29, 1.82) is 0 Å². The zero-order valence-electron chi connectivity index (χ0n) is 15.1. The molecule has 1 heterocycles. The normalized spacial score (nSPS) is 11.5. The van der Waals surface area contributed by atoms with Crippen LogP contribution < -0.4 is 9.47 Å². The van der Waals surface area contributed by atoms with Gasteiger partial charge in [-0.1, -0.05) is 30.3 Å². The number of ether oxygens (including phenoxy) is 2. The van der Waals surface area contributed by atoms with E-state index >= 15 is 0 Å². The highest BCUT2D eigenvalue weighted by molar-refractivity contribution is 6.52. The number of para-hydroxylation sites is 1.